The third-order valence-electron chi connectivity index (χ3n) is 4.49. The molecule has 0 fully saturated rings. The summed E-state index contributed by atoms with van der Waals surface area (Å²) in [7, 11) is 0. The molecule has 0 spiro atoms. The monoisotopic (exact) mass is 443 g/mol. The minimum absolute atomic E-state index is 0.0944. The van der Waals surface area contributed by atoms with Crippen molar-refractivity contribution in [3.8, 4) is 11.8 Å². The standard InChI is InChI=1S/C21H19ClFN5O3/c1-2-15-16(22)4-3-5-18(15)30-12-20(29)28(11-19-26-27-21(25)31-19)10-14-7-6-13(9-24)8-17(14)23/h3-8H,2,10-12H2,1H3,(H2,25,27). The van der Waals surface area contributed by atoms with Gasteiger partial charge in [0.05, 0.1) is 18.2 Å². The molecule has 3 aromatic rings. The summed E-state index contributed by atoms with van der Waals surface area (Å²) in [5.74, 6) is -0.458. The van der Waals surface area contributed by atoms with Crippen molar-refractivity contribution in [3.05, 3.63) is 69.8 Å². The van der Waals surface area contributed by atoms with Crippen LogP contribution in [0, 0.1) is 17.1 Å². The fourth-order valence-corrected chi connectivity index (χ4v) is 3.22. The molecular weight excluding hydrogens is 425 g/mol. The van der Waals surface area contributed by atoms with Crippen LogP contribution in [0.15, 0.2) is 40.8 Å². The van der Waals surface area contributed by atoms with Gasteiger partial charge < -0.3 is 19.8 Å². The van der Waals surface area contributed by atoms with Crippen LogP contribution in [-0.2, 0) is 24.3 Å². The summed E-state index contributed by atoms with van der Waals surface area (Å²) >= 11 is 6.19. The molecule has 0 aliphatic carbocycles. The highest BCUT2D eigenvalue weighted by atomic mass is 35.5. The summed E-state index contributed by atoms with van der Waals surface area (Å²) in [6.45, 7) is 1.42. The van der Waals surface area contributed by atoms with E-state index in [1.54, 1.807) is 18.2 Å². The zero-order chi connectivity index (χ0) is 22.4. The Morgan fingerprint density at radius 2 is 2.13 bits per heavy atom. The first-order chi connectivity index (χ1) is 14.9. The Morgan fingerprint density at radius 3 is 2.77 bits per heavy atom. The van der Waals surface area contributed by atoms with Gasteiger partial charge in [0.1, 0.15) is 11.6 Å². The van der Waals surface area contributed by atoms with E-state index < -0.39 is 11.7 Å². The molecule has 0 aliphatic heterocycles. The molecule has 10 heteroatoms. The number of hydrogen-bond donors (Lipinski definition) is 1. The van der Waals surface area contributed by atoms with E-state index in [9.17, 15) is 9.18 Å². The van der Waals surface area contributed by atoms with Crippen LogP contribution in [0.3, 0.4) is 0 Å². The van der Waals surface area contributed by atoms with Crippen molar-refractivity contribution in [2.24, 2.45) is 0 Å². The van der Waals surface area contributed by atoms with Crippen LogP contribution in [0.4, 0.5) is 10.4 Å². The van der Waals surface area contributed by atoms with Crippen molar-refractivity contribution >= 4 is 23.5 Å². The number of nitrogens with two attached hydrogens (primary N) is 1. The van der Waals surface area contributed by atoms with Crippen molar-refractivity contribution in [1.29, 1.82) is 5.26 Å². The van der Waals surface area contributed by atoms with Crippen LogP contribution < -0.4 is 10.5 Å². The average molecular weight is 444 g/mol. The van der Waals surface area contributed by atoms with Gasteiger partial charge in [-0.05, 0) is 30.7 Å². The first-order valence-electron chi connectivity index (χ1n) is 9.35. The highest BCUT2D eigenvalue weighted by molar-refractivity contribution is 6.31. The SMILES string of the molecule is CCc1c(Cl)cccc1OCC(=O)N(Cc1nnc(N)o1)Cc1ccc(C#N)cc1F. The molecule has 0 unspecified atom stereocenters. The normalized spacial score (nSPS) is 10.5. The molecule has 3 rings (SSSR count). The number of carbonyl (C=O) groups excluding carboxylic acids is 1. The summed E-state index contributed by atoms with van der Waals surface area (Å²) in [5.41, 5.74) is 6.63. The van der Waals surface area contributed by atoms with Crippen LogP contribution in [0.5, 0.6) is 5.75 Å². The maximum Gasteiger partial charge on any atom is 0.312 e. The number of benzene rings is 2. The number of nitrogen functional groups attached to an aromatic ring is 1. The van der Waals surface area contributed by atoms with Gasteiger partial charge in [-0.1, -0.05) is 35.8 Å². The molecule has 2 aromatic carbocycles. The molecule has 31 heavy (non-hydrogen) atoms. The molecule has 0 aliphatic rings. The second-order valence-corrected chi connectivity index (χ2v) is 6.97. The van der Waals surface area contributed by atoms with E-state index in [0.717, 1.165) is 11.6 Å². The summed E-state index contributed by atoms with van der Waals surface area (Å²) < 4.78 is 25.2. The summed E-state index contributed by atoms with van der Waals surface area (Å²) in [6.07, 6.45) is 0.630. The van der Waals surface area contributed by atoms with Gasteiger partial charge in [0.2, 0.25) is 5.89 Å². The van der Waals surface area contributed by atoms with E-state index in [0.29, 0.717) is 17.2 Å². The molecule has 0 saturated heterocycles. The van der Waals surface area contributed by atoms with Gasteiger partial charge in [0, 0.05) is 22.7 Å². The zero-order valence-corrected chi connectivity index (χ0v) is 17.4. The van der Waals surface area contributed by atoms with Crippen molar-refractivity contribution in [3.63, 3.8) is 0 Å². The molecule has 8 nitrogen and oxygen atoms in total. The van der Waals surface area contributed by atoms with Crippen molar-refractivity contribution in [2.45, 2.75) is 26.4 Å². The Bertz CT molecular complexity index is 1130. The van der Waals surface area contributed by atoms with E-state index in [2.05, 4.69) is 10.2 Å². The van der Waals surface area contributed by atoms with Gasteiger partial charge in [-0.3, -0.25) is 4.79 Å². The number of nitrogens with zero attached hydrogens (tertiary/aromatic N) is 4. The van der Waals surface area contributed by atoms with Gasteiger partial charge in [-0.15, -0.1) is 5.10 Å². The lowest BCUT2D eigenvalue weighted by Crippen LogP contribution is -2.34. The Balaban J connectivity index is 1.79. The van der Waals surface area contributed by atoms with Crippen molar-refractivity contribution < 1.29 is 18.3 Å². The molecule has 0 bridgehead atoms. The largest absolute Gasteiger partial charge is 0.483 e. The van der Waals surface area contributed by atoms with Gasteiger partial charge in [0.15, 0.2) is 6.61 Å². The van der Waals surface area contributed by atoms with E-state index in [1.807, 2.05) is 13.0 Å². The van der Waals surface area contributed by atoms with Crippen LogP contribution in [0.25, 0.3) is 0 Å². The van der Waals surface area contributed by atoms with Crippen LogP contribution in [0.1, 0.15) is 29.5 Å². The maximum absolute atomic E-state index is 14.4. The molecule has 0 atom stereocenters. The van der Waals surface area contributed by atoms with Crippen LogP contribution >= 0.6 is 11.6 Å². The van der Waals surface area contributed by atoms with Crippen LogP contribution in [0.2, 0.25) is 5.02 Å². The summed E-state index contributed by atoms with van der Waals surface area (Å²) in [5, 5.41) is 16.8. The second kappa shape index (κ2) is 9.91. The molecule has 160 valence electrons. The molecule has 1 amide bonds. The smallest absolute Gasteiger partial charge is 0.312 e. The Labute approximate surface area is 183 Å². The number of halogens is 2. The Kier molecular flexibility index (Phi) is 7.05. The molecule has 2 N–H and O–H groups in total. The Morgan fingerprint density at radius 1 is 1.32 bits per heavy atom. The molecule has 0 saturated carbocycles. The predicted octanol–water partition coefficient (Wildman–Crippen LogP) is 3.49. The highest BCUT2D eigenvalue weighted by Gasteiger charge is 2.21. The topological polar surface area (TPSA) is 118 Å². The van der Waals surface area contributed by atoms with Crippen molar-refractivity contribution in [2.75, 3.05) is 12.3 Å². The number of ether oxygens (including phenoxy) is 1. The lowest BCUT2D eigenvalue weighted by molar-refractivity contribution is -0.135. The predicted molar refractivity (Wildman–Crippen MR) is 110 cm³/mol. The number of rotatable bonds is 8. The fraction of sp³-hybridized carbons (Fsp3) is 0.238. The molecule has 1 aromatic heterocycles. The Hall–Kier alpha value is -3.64. The van der Waals surface area contributed by atoms with E-state index in [1.165, 1.54) is 17.0 Å². The number of amides is 1. The second-order valence-electron chi connectivity index (χ2n) is 6.56. The van der Waals surface area contributed by atoms with Gasteiger partial charge in [0.25, 0.3) is 5.91 Å². The first-order valence-corrected chi connectivity index (χ1v) is 9.73. The van der Waals surface area contributed by atoms with Gasteiger partial charge in [-0.2, -0.15) is 5.26 Å². The lowest BCUT2D eigenvalue weighted by Gasteiger charge is -2.22. The number of hydrogen-bond acceptors (Lipinski definition) is 7. The zero-order valence-electron chi connectivity index (χ0n) is 16.6. The highest BCUT2D eigenvalue weighted by Crippen LogP contribution is 2.27. The number of nitriles is 1. The van der Waals surface area contributed by atoms with E-state index in [-0.39, 0.29) is 42.7 Å². The average Bonchev–Trinajstić information content (AvgIpc) is 3.17. The maximum atomic E-state index is 14.4. The lowest BCUT2D eigenvalue weighted by atomic mass is 10.1. The van der Waals surface area contributed by atoms with Gasteiger partial charge >= 0.3 is 6.01 Å². The number of aromatic nitrogens is 2. The quantitative estimate of drug-likeness (QED) is 0.566. The van der Waals surface area contributed by atoms with Gasteiger partial charge in [-0.25, -0.2) is 4.39 Å². The number of anilines is 1. The third kappa shape index (κ3) is 5.49. The summed E-state index contributed by atoms with van der Waals surface area (Å²) in [6, 6.07) is 11.0. The van der Waals surface area contributed by atoms with Crippen LogP contribution in [-0.4, -0.2) is 27.6 Å². The minimum Gasteiger partial charge on any atom is -0.483 e. The van der Waals surface area contributed by atoms with E-state index in [4.69, 9.17) is 31.8 Å². The molecule has 0 radical (unpaired) electrons. The molecule has 1 heterocycles. The molecular formula is C21H19ClFN5O3. The first kappa shape index (κ1) is 22.1. The van der Waals surface area contributed by atoms with E-state index >= 15 is 0 Å². The number of carbonyl (C=O) groups is 1. The van der Waals surface area contributed by atoms with Crippen molar-refractivity contribution in [1.82, 2.24) is 15.1 Å². The third-order valence-corrected chi connectivity index (χ3v) is 4.84. The minimum atomic E-state index is -0.606. The summed E-state index contributed by atoms with van der Waals surface area (Å²) in [4.78, 5) is 14.2. The fourth-order valence-electron chi connectivity index (χ4n) is 2.92.